The van der Waals surface area contributed by atoms with Crippen LogP contribution in [-0.2, 0) is 17.9 Å². The van der Waals surface area contributed by atoms with Gasteiger partial charge in [-0.15, -0.1) is 0 Å². The van der Waals surface area contributed by atoms with E-state index < -0.39 is 0 Å². The van der Waals surface area contributed by atoms with Crippen LogP contribution in [0.25, 0.3) is 0 Å². The summed E-state index contributed by atoms with van der Waals surface area (Å²) in [5, 5.41) is 19.7. The predicted octanol–water partition coefficient (Wildman–Crippen LogP) is 2.66. The summed E-state index contributed by atoms with van der Waals surface area (Å²) >= 11 is 6.20. The van der Waals surface area contributed by atoms with Crippen molar-refractivity contribution in [3.05, 3.63) is 59.5 Å². The van der Waals surface area contributed by atoms with E-state index >= 15 is 0 Å². The van der Waals surface area contributed by atoms with E-state index in [1.165, 1.54) is 10.9 Å². The lowest BCUT2D eigenvalue weighted by atomic mass is 10.0. The van der Waals surface area contributed by atoms with Crippen LogP contribution in [-0.4, -0.2) is 43.6 Å². The molecular formula is C20H19ClN8O. The van der Waals surface area contributed by atoms with Gasteiger partial charge in [0.05, 0.1) is 30.1 Å². The smallest absolute Gasteiger partial charge is 0.244 e. The van der Waals surface area contributed by atoms with Crippen LogP contribution >= 0.6 is 11.6 Å². The van der Waals surface area contributed by atoms with E-state index in [1.54, 1.807) is 17.3 Å². The number of nitrogens with one attached hydrogen (secondary N) is 2. The zero-order valence-electron chi connectivity index (χ0n) is 16.0. The first-order valence-corrected chi connectivity index (χ1v) is 9.75. The molecule has 0 spiro atoms. The minimum absolute atomic E-state index is 0.0597. The number of likely N-dealkylation sites (tertiary alicyclic amines) is 1. The summed E-state index contributed by atoms with van der Waals surface area (Å²) < 4.78 is 1.54. The van der Waals surface area contributed by atoms with Crippen LogP contribution in [0.4, 0.5) is 17.5 Å². The van der Waals surface area contributed by atoms with Crippen LogP contribution in [0.5, 0.6) is 0 Å². The number of anilines is 3. The molecule has 30 heavy (non-hydrogen) atoms. The van der Waals surface area contributed by atoms with Crippen molar-refractivity contribution in [2.24, 2.45) is 5.92 Å². The summed E-state index contributed by atoms with van der Waals surface area (Å²) in [6.45, 7) is 1.67. The molecule has 2 N–H and O–H groups in total. The Morgan fingerprint density at radius 3 is 2.83 bits per heavy atom. The van der Waals surface area contributed by atoms with E-state index in [9.17, 15) is 4.79 Å². The van der Waals surface area contributed by atoms with Gasteiger partial charge in [-0.05, 0) is 5.56 Å². The number of hydrogen-bond donors (Lipinski definition) is 2. The Morgan fingerprint density at radius 1 is 1.27 bits per heavy atom. The zero-order chi connectivity index (χ0) is 20.9. The summed E-state index contributed by atoms with van der Waals surface area (Å²) in [6.07, 6.45) is 4.82. The lowest BCUT2D eigenvalue weighted by molar-refractivity contribution is -0.137. The summed E-state index contributed by atoms with van der Waals surface area (Å²) in [5.41, 5.74) is 1.76. The van der Waals surface area contributed by atoms with Gasteiger partial charge in [0.2, 0.25) is 11.9 Å². The first kappa shape index (κ1) is 19.7. The molecule has 152 valence electrons. The molecule has 10 heteroatoms. The van der Waals surface area contributed by atoms with Crippen LogP contribution in [0.3, 0.4) is 0 Å². The largest absolute Gasteiger partial charge is 0.365 e. The van der Waals surface area contributed by atoms with E-state index in [0.717, 1.165) is 5.56 Å². The summed E-state index contributed by atoms with van der Waals surface area (Å²) in [6, 6.07) is 12.1. The number of carbonyl (C=O) groups excluding carboxylic acids is 1. The third-order valence-electron chi connectivity index (χ3n) is 4.65. The first-order chi connectivity index (χ1) is 14.6. The highest BCUT2D eigenvalue weighted by Crippen LogP contribution is 2.22. The van der Waals surface area contributed by atoms with Crippen LogP contribution in [0, 0.1) is 17.2 Å². The van der Waals surface area contributed by atoms with Gasteiger partial charge in [-0.3, -0.25) is 9.48 Å². The van der Waals surface area contributed by atoms with Crippen molar-refractivity contribution in [1.29, 1.82) is 5.26 Å². The Bertz CT molecular complexity index is 1070. The highest BCUT2D eigenvalue weighted by Gasteiger charge is 2.30. The second kappa shape index (κ2) is 8.80. The Labute approximate surface area is 178 Å². The molecule has 0 saturated carbocycles. The van der Waals surface area contributed by atoms with Crippen LogP contribution in [0.2, 0.25) is 5.02 Å². The van der Waals surface area contributed by atoms with Gasteiger partial charge in [-0.1, -0.05) is 41.9 Å². The van der Waals surface area contributed by atoms with Gasteiger partial charge >= 0.3 is 0 Å². The molecule has 3 heterocycles. The minimum atomic E-state index is -0.0636. The number of aromatic nitrogens is 4. The Hall–Kier alpha value is -3.64. The van der Waals surface area contributed by atoms with Gasteiger partial charge in [-0.2, -0.15) is 15.3 Å². The molecule has 1 aliphatic heterocycles. The van der Waals surface area contributed by atoms with Crippen molar-refractivity contribution >= 4 is 35.0 Å². The van der Waals surface area contributed by atoms with Gasteiger partial charge in [0.25, 0.3) is 0 Å². The van der Waals surface area contributed by atoms with Gasteiger partial charge in [0, 0.05) is 25.8 Å². The summed E-state index contributed by atoms with van der Waals surface area (Å²) in [4.78, 5) is 22.4. The molecule has 0 atom stereocenters. The number of nitrogens with zero attached hydrogens (tertiary/aromatic N) is 6. The monoisotopic (exact) mass is 422 g/mol. The standard InChI is InChI=1S/C20H19ClN8O/c21-17-9-24-20(27-19(17)23-7-14-4-2-1-3-5-14)26-16-8-25-29(12-16)13-18(30)28-10-15(6-22)11-28/h1-5,8-9,12,15H,7,10-11,13H2,(H2,23,24,26,27). The van der Waals surface area contributed by atoms with E-state index in [0.29, 0.717) is 42.1 Å². The van der Waals surface area contributed by atoms with E-state index in [2.05, 4.69) is 31.8 Å². The third kappa shape index (κ3) is 4.67. The van der Waals surface area contributed by atoms with E-state index in [1.807, 2.05) is 30.3 Å². The number of halogens is 1. The molecule has 0 aliphatic carbocycles. The van der Waals surface area contributed by atoms with Gasteiger partial charge in [0.1, 0.15) is 11.6 Å². The Balaban J connectivity index is 1.35. The maximum Gasteiger partial charge on any atom is 0.244 e. The lowest BCUT2D eigenvalue weighted by Gasteiger charge is -2.35. The quantitative estimate of drug-likeness (QED) is 0.601. The van der Waals surface area contributed by atoms with Crippen molar-refractivity contribution in [3.8, 4) is 6.07 Å². The van der Waals surface area contributed by atoms with Crippen molar-refractivity contribution in [2.45, 2.75) is 13.1 Å². The van der Waals surface area contributed by atoms with Crippen molar-refractivity contribution in [2.75, 3.05) is 23.7 Å². The summed E-state index contributed by atoms with van der Waals surface area (Å²) in [7, 11) is 0. The first-order valence-electron chi connectivity index (χ1n) is 9.38. The molecule has 0 radical (unpaired) electrons. The molecule has 9 nitrogen and oxygen atoms in total. The maximum absolute atomic E-state index is 12.2. The molecule has 3 aromatic rings. The second-order valence-electron chi connectivity index (χ2n) is 6.91. The number of carbonyl (C=O) groups is 1. The number of nitriles is 1. The predicted molar refractivity (Wildman–Crippen MR) is 112 cm³/mol. The molecule has 0 bridgehead atoms. The number of hydrogen-bond acceptors (Lipinski definition) is 7. The molecule has 4 rings (SSSR count). The molecule has 1 amide bonds. The van der Waals surface area contributed by atoms with E-state index in [4.69, 9.17) is 16.9 Å². The molecule has 1 aliphatic rings. The third-order valence-corrected chi connectivity index (χ3v) is 4.93. The van der Waals surface area contributed by atoms with Crippen molar-refractivity contribution in [3.63, 3.8) is 0 Å². The van der Waals surface area contributed by atoms with Crippen LogP contribution in [0.1, 0.15) is 5.56 Å². The number of amides is 1. The van der Waals surface area contributed by atoms with Crippen LogP contribution < -0.4 is 10.6 Å². The molecule has 1 fully saturated rings. The summed E-state index contributed by atoms with van der Waals surface area (Å²) in [5.74, 6) is 0.757. The molecular weight excluding hydrogens is 404 g/mol. The average molecular weight is 423 g/mol. The highest BCUT2D eigenvalue weighted by molar-refractivity contribution is 6.32. The fourth-order valence-electron chi connectivity index (χ4n) is 2.98. The Morgan fingerprint density at radius 2 is 2.07 bits per heavy atom. The average Bonchev–Trinajstić information content (AvgIpc) is 3.15. The SMILES string of the molecule is N#CC1CN(C(=O)Cn2cc(Nc3ncc(Cl)c(NCc4ccccc4)n3)cn2)C1. The normalized spacial score (nSPS) is 13.4. The molecule has 0 unspecified atom stereocenters. The number of rotatable bonds is 7. The zero-order valence-corrected chi connectivity index (χ0v) is 16.8. The van der Waals surface area contributed by atoms with Crippen molar-refractivity contribution in [1.82, 2.24) is 24.6 Å². The molecule has 1 aromatic carbocycles. The fourth-order valence-corrected chi connectivity index (χ4v) is 3.14. The van der Waals surface area contributed by atoms with Gasteiger partial charge in [-0.25, -0.2) is 4.98 Å². The topological polar surface area (TPSA) is 112 Å². The van der Waals surface area contributed by atoms with E-state index in [-0.39, 0.29) is 18.4 Å². The number of benzene rings is 1. The fraction of sp³-hybridized carbons (Fsp3) is 0.250. The molecule has 2 aromatic heterocycles. The van der Waals surface area contributed by atoms with Gasteiger partial charge < -0.3 is 15.5 Å². The van der Waals surface area contributed by atoms with Gasteiger partial charge in [0.15, 0.2) is 5.82 Å². The second-order valence-corrected chi connectivity index (χ2v) is 7.31. The molecule has 1 saturated heterocycles. The maximum atomic E-state index is 12.2. The lowest BCUT2D eigenvalue weighted by Crippen LogP contribution is -2.50. The minimum Gasteiger partial charge on any atom is -0.365 e. The Kier molecular flexibility index (Phi) is 5.77. The van der Waals surface area contributed by atoms with Crippen molar-refractivity contribution < 1.29 is 4.79 Å². The van der Waals surface area contributed by atoms with Crippen LogP contribution in [0.15, 0.2) is 48.9 Å². The highest BCUT2D eigenvalue weighted by atomic mass is 35.5.